The van der Waals surface area contributed by atoms with Crippen molar-refractivity contribution in [2.45, 2.75) is 13.0 Å². The van der Waals surface area contributed by atoms with Crippen LogP contribution in [0.15, 0.2) is 24.4 Å². The van der Waals surface area contributed by atoms with E-state index in [-0.39, 0.29) is 11.9 Å². The van der Waals surface area contributed by atoms with Gasteiger partial charge in [0.05, 0.1) is 11.7 Å². The van der Waals surface area contributed by atoms with Gasteiger partial charge in [-0.2, -0.15) is 5.10 Å². The molecule has 0 aliphatic heterocycles. The van der Waals surface area contributed by atoms with Crippen molar-refractivity contribution < 1.29 is 9.00 Å². The van der Waals surface area contributed by atoms with E-state index >= 15 is 0 Å². The quantitative estimate of drug-likeness (QED) is 0.868. The molecule has 0 fully saturated rings. The van der Waals surface area contributed by atoms with Crippen molar-refractivity contribution in [3.63, 3.8) is 0 Å². The largest absolute Gasteiger partial charge is 0.349 e. The third kappa shape index (κ3) is 2.95. The molecular weight excluding hydrogens is 250 g/mol. The fourth-order valence-corrected chi connectivity index (χ4v) is 2.57. The second-order valence-corrected chi connectivity index (χ2v) is 5.77. The molecule has 0 radical (unpaired) electrons. The number of carbonyl (C=O) groups excluding carboxylic acids is 1. The Labute approximate surface area is 107 Å². The van der Waals surface area contributed by atoms with Gasteiger partial charge in [-0.05, 0) is 19.1 Å². The van der Waals surface area contributed by atoms with Gasteiger partial charge in [-0.3, -0.25) is 14.1 Å². The molecule has 1 aromatic heterocycles. The Morgan fingerprint density at radius 2 is 2.33 bits per heavy atom. The van der Waals surface area contributed by atoms with Gasteiger partial charge in [0.1, 0.15) is 0 Å². The highest BCUT2D eigenvalue weighted by molar-refractivity contribution is 7.84. The molecule has 6 heteroatoms. The number of hydrogen-bond donors (Lipinski definition) is 2. The minimum atomic E-state index is -0.915. The number of hydrogen-bond acceptors (Lipinski definition) is 3. The molecule has 2 rings (SSSR count). The first-order valence-corrected chi connectivity index (χ1v) is 7.33. The normalized spacial score (nSPS) is 14.3. The highest BCUT2D eigenvalue weighted by Gasteiger charge is 2.11. The van der Waals surface area contributed by atoms with Gasteiger partial charge in [-0.25, -0.2) is 0 Å². The van der Waals surface area contributed by atoms with Crippen molar-refractivity contribution in [2.75, 3.05) is 12.0 Å². The number of benzene rings is 1. The minimum absolute atomic E-state index is 0.110. The number of amides is 1. The van der Waals surface area contributed by atoms with Crippen LogP contribution in [0.2, 0.25) is 0 Å². The van der Waals surface area contributed by atoms with Gasteiger partial charge < -0.3 is 5.32 Å². The Morgan fingerprint density at radius 3 is 3.06 bits per heavy atom. The number of nitrogens with one attached hydrogen (secondary N) is 2. The Bertz CT molecular complexity index is 594. The number of aromatic amines is 1. The summed E-state index contributed by atoms with van der Waals surface area (Å²) in [5.41, 5.74) is 1.40. The second-order valence-electron chi connectivity index (χ2n) is 4.29. The lowest BCUT2D eigenvalue weighted by atomic mass is 10.1. The van der Waals surface area contributed by atoms with Crippen LogP contribution in [0, 0.1) is 0 Å². The van der Waals surface area contributed by atoms with Crippen molar-refractivity contribution >= 4 is 27.6 Å². The number of nitrogens with zero attached hydrogens (tertiary/aromatic N) is 1. The molecule has 0 aliphatic carbocycles. The summed E-state index contributed by atoms with van der Waals surface area (Å²) < 4.78 is 11.1. The van der Waals surface area contributed by atoms with Crippen LogP contribution < -0.4 is 5.32 Å². The summed E-state index contributed by atoms with van der Waals surface area (Å²) in [5, 5.41) is 10.5. The number of fused-ring (bicyclic) bond motifs is 1. The maximum absolute atomic E-state index is 12.0. The van der Waals surface area contributed by atoms with E-state index in [1.165, 1.54) is 0 Å². The van der Waals surface area contributed by atoms with Crippen LogP contribution in [0.5, 0.6) is 0 Å². The third-order valence-corrected chi connectivity index (χ3v) is 3.54. The van der Waals surface area contributed by atoms with Gasteiger partial charge in [-0.1, -0.05) is 6.07 Å². The maximum Gasteiger partial charge on any atom is 0.251 e. The molecule has 2 N–H and O–H groups in total. The molecule has 96 valence electrons. The molecule has 1 aromatic carbocycles. The Kier molecular flexibility index (Phi) is 3.76. The smallest absolute Gasteiger partial charge is 0.251 e. The summed E-state index contributed by atoms with van der Waals surface area (Å²) in [6.45, 7) is 1.84. The predicted octanol–water partition coefficient (Wildman–Crippen LogP) is 1.06. The Hall–Kier alpha value is -1.69. The number of aromatic nitrogens is 2. The molecule has 1 heterocycles. The van der Waals surface area contributed by atoms with Gasteiger partial charge in [0.15, 0.2) is 0 Å². The standard InChI is InChI=1S/C12H15N3O2S/c1-8(7-18(2)17)14-12(16)9-3-4-10-6-13-15-11(10)5-9/h3-6,8H,7H2,1-2H3,(H,13,15)(H,14,16). The average molecular weight is 265 g/mol. The van der Waals surface area contributed by atoms with Crippen molar-refractivity contribution in [3.05, 3.63) is 30.0 Å². The summed E-state index contributed by atoms with van der Waals surface area (Å²) in [7, 11) is -0.915. The first-order chi connectivity index (χ1) is 8.56. The molecule has 0 spiro atoms. The monoisotopic (exact) mass is 265 g/mol. The molecule has 2 atom stereocenters. The fourth-order valence-electron chi connectivity index (χ4n) is 1.78. The highest BCUT2D eigenvalue weighted by atomic mass is 32.2. The van der Waals surface area contributed by atoms with E-state index in [1.807, 2.05) is 13.0 Å². The molecule has 18 heavy (non-hydrogen) atoms. The van der Waals surface area contributed by atoms with E-state index in [0.717, 1.165) is 10.9 Å². The van der Waals surface area contributed by atoms with Gasteiger partial charge in [0.2, 0.25) is 0 Å². The van der Waals surface area contributed by atoms with E-state index in [9.17, 15) is 9.00 Å². The summed E-state index contributed by atoms with van der Waals surface area (Å²) in [4.78, 5) is 12.0. The summed E-state index contributed by atoms with van der Waals surface area (Å²) >= 11 is 0. The van der Waals surface area contributed by atoms with E-state index in [0.29, 0.717) is 11.3 Å². The van der Waals surface area contributed by atoms with Crippen LogP contribution in [0.1, 0.15) is 17.3 Å². The SMILES string of the molecule is CC(CS(C)=O)NC(=O)c1ccc2cn[nH]c2c1. The molecule has 2 aromatic rings. The van der Waals surface area contributed by atoms with Crippen LogP contribution in [-0.4, -0.2) is 38.4 Å². The van der Waals surface area contributed by atoms with E-state index < -0.39 is 10.8 Å². The lowest BCUT2D eigenvalue weighted by molar-refractivity contribution is 0.0944. The second kappa shape index (κ2) is 5.30. The van der Waals surface area contributed by atoms with Crippen LogP contribution >= 0.6 is 0 Å². The van der Waals surface area contributed by atoms with E-state index in [1.54, 1.807) is 24.6 Å². The minimum Gasteiger partial charge on any atom is -0.349 e. The summed E-state index contributed by atoms with van der Waals surface area (Å²) in [6, 6.07) is 5.24. The fraction of sp³-hybridized carbons (Fsp3) is 0.333. The van der Waals surface area contributed by atoms with Crippen LogP contribution in [0.25, 0.3) is 10.9 Å². The first kappa shape index (κ1) is 12.8. The lowest BCUT2D eigenvalue weighted by Gasteiger charge is -2.12. The molecule has 0 saturated heterocycles. The predicted molar refractivity (Wildman–Crippen MR) is 72.0 cm³/mol. The maximum atomic E-state index is 12.0. The van der Waals surface area contributed by atoms with Gasteiger partial charge in [-0.15, -0.1) is 0 Å². The molecule has 2 unspecified atom stereocenters. The topological polar surface area (TPSA) is 74.8 Å². The zero-order valence-corrected chi connectivity index (χ0v) is 11.1. The molecule has 1 amide bonds. The highest BCUT2D eigenvalue weighted by Crippen LogP contribution is 2.12. The average Bonchev–Trinajstić information content (AvgIpc) is 2.74. The number of rotatable bonds is 4. The van der Waals surface area contributed by atoms with Crippen molar-refractivity contribution in [3.8, 4) is 0 Å². The lowest BCUT2D eigenvalue weighted by Crippen LogP contribution is -2.36. The molecule has 0 bridgehead atoms. The summed E-state index contributed by atoms with van der Waals surface area (Å²) in [6.07, 6.45) is 3.33. The van der Waals surface area contributed by atoms with Crippen LogP contribution in [-0.2, 0) is 10.8 Å². The van der Waals surface area contributed by atoms with Crippen molar-refractivity contribution in [1.82, 2.24) is 15.5 Å². The van der Waals surface area contributed by atoms with Crippen LogP contribution in [0.3, 0.4) is 0 Å². The van der Waals surface area contributed by atoms with Gasteiger partial charge in [0, 0.05) is 39.8 Å². The number of carbonyl (C=O) groups is 1. The third-order valence-electron chi connectivity index (χ3n) is 2.57. The number of H-pyrrole nitrogens is 1. The van der Waals surface area contributed by atoms with E-state index in [4.69, 9.17) is 0 Å². The Morgan fingerprint density at radius 1 is 1.56 bits per heavy atom. The molecule has 5 nitrogen and oxygen atoms in total. The molecule has 0 aliphatic rings. The van der Waals surface area contributed by atoms with Crippen LogP contribution in [0.4, 0.5) is 0 Å². The first-order valence-electron chi connectivity index (χ1n) is 5.60. The van der Waals surface area contributed by atoms with E-state index in [2.05, 4.69) is 15.5 Å². The summed E-state index contributed by atoms with van der Waals surface area (Å²) in [5.74, 6) is 0.294. The van der Waals surface area contributed by atoms with Crippen molar-refractivity contribution in [1.29, 1.82) is 0 Å². The molecular formula is C12H15N3O2S. The zero-order chi connectivity index (χ0) is 13.1. The van der Waals surface area contributed by atoms with Gasteiger partial charge >= 0.3 is 0 Å². The molecule has 0 saturated carbocycles. The van der Waals surface area contributed by atoms with Crippen molar-refractivity contribution in [2.24, 2.45) is 0 Å². The van der Waals surface area contributed by atoms with Gasteiger partial charge in [0.25, 0.3) is 5.91 Å². The zero-order valence-electron chi connectivity index (χ0n) is 10.3. The Balaban J connectivity index is 2.10.